The molecule has 0 amide bonds. The Morgan fingerprint density at radius 3 is 2.59 bits per heavy atom. The molecule has 0 radical (unpaired) electrons. The summed E-state index contributed by atoms with van der Waals surface area (Å²) in [4.78, 5) is 2.40. The first-order valence-corrected chi connectivity index (χ1v) is 7.53. The minimum absolute atomic E-state index is 0.440. The first-order chi connectivity index (χ1) is 10.9. The molecule has 3 aromatic rings. The van der Waals surface area contributed by atoms with Gasteiger partial charge in [-0.25, -0.2) is 0 Å². The first kappa shape index (κ1) is 13.3. The zero-order valence-electron chi connectivity index (χ0n) is 12.2. The zero-order valence-corrected chi connectivity index (χ0v) is 12.2. The first-order valence-electron chi connectivity index (χ1n) is 7.53. The second kappa shape index (κ2) is 5.77. The molecule has 0 N–H and O–H groups in total. The predicted octanol–water partition coefficient (Wildman–Crippen LogP) is 3.49. The molecule has 1 fully saturated rings. The van der Waals surface area contributed by atoms with Gasteiger partial charge in [-0.2, -0.15) is 0 Å². The van der Waals surface area contributed by atoms with Crippen molar-refractivity contribution in [2.45, 2.75) is 32.0 Å². The Kier molecular flexibility index (Phi) is 3.48. The van der Waals surface area contributed by atoms with Gasteiger partial charge >= 0.3 is 0 Å². The Balaban J connectivity index is 1.48. The summed E-state index contributed by atoms with van der Waals surface area (Å²) in [5.74, 6) is 1.68. The van der Waals surface area contributed by atoms with Crippen molar-refractivity contribution in [1.29, 1.82) is 0 Å². The van der Waals surface area contributed by atoms with Gasteiger partial charge in [-0.1, -0.05) is 30.3 Å². The molecule has 0 aliphatic heterocycles. The van der Waals surface area contributed by atoms with Crippen LogP contribution < -0.4 is 0 Å². The maximum atomic E-state index is 5.72. The molecule has 0 atom stereocenters. The lowest BCUT2D eigenvalue weighted by Gasteiger charge is -2.19. The van der Waals surface area contributed by atoms with E-state index in [0.29, 0.717) is 30.1 Å². The summed E-state index contributed by atoms with van der Waals surface area (Å²) in [5.41, 5.74) is 1.31. The summed E-state index contributed by atoms with van der Waals surface area (Å²) >= 11 is 0. The van der Waals surface area contributed by atoms with Crippen molar-refractivity contribution in [2.24, 2.45) is 0 Å². The second-order valence-electron chi connectivity index (χ2n) is 5.60. The number of benzene rings is 1. The molecule has 1 aliphatic carbocycles. The van der Waals surface area contributed by atoms with Crippen molar-refractivity contribution in [3.63, 3.8) is 0 Å². The van der Waals surface area contributed by atoms with Crippen LogP contribution in [0.1, 0.15) is 24.3 Å². The Morgan fingerprint density at radius 2 is 1.86 bits per heavy atom. The Morgan fingerprint density at radius 1 is 1.00 bits per heavy atom. The van der Waals surface area contributed by atoms with Crippen LogP contribution in [0.2, 0.25) is 0 Å². The molecular formula is C17H17N3O2. The average Bonchev–Trinajstić information content (AvgIpc) is 3.06. The van der Waals surface area contributed by atoms with Crippen LogP contribution >= 0.6 is 0 Å². The van der Waals surface area contributed by atoms with E-state index in [1.807, 2.05) is 18.2 Å². The van der Waals surface area contributed by atoms with Crippen LogP contribution in [0, 0.1) is 0 Å². The van der Waals surface area contributed by atoms with Gasteiger partial charge in [0.2, 0.25) is 5.89 Å². The van der Waals surface area contributed by atoms with Crippen molar-refractivity contribution in [3.8, 4) is 11.7 Å². The largest absolute Gasteiger partial charge is 0.459 e. The molecule has 0 spiro atoms. The van der Waals surface area contributed by atoms with Crippen molar-refractivity contribution < 1.29 is 8.83 Å². The number of hydrogen-bond donors (Lipinski definition) is 0. The molecule has 1 saturated carbocycles. The van der Waals surface area contributed by atoms with Crippen molar-refractivity contribution in [3.05, 3.63) is 60.2 Å². The fourth-order valence-corrected chi connectivity index (χ4v) is 2.56. The summed E-state index contributed by atoms with van der Waals surface area (Å²) in [6.07, 6.45) is 4.09. The Hall–Kier alpha value is -2.40. The zero-order chi connectivity index (χ0) is 14.8. The van der Waals surface area contributed by atoms with E-state index in [9.17, 15) is 0 Å². The lowest BCUT2D eigenvalue weighted by atomic mass is 10.2. The summed E-state index contributed by atoms with van der Waals surface area (Å²) in [5, 5.41) is 8.21. The fraction of sp³-hybridized carbons (Fsp3) is 0.294. The van der Waals surface area contributed by atoms with Gasteiger partial charge in [-0.3, -0.25) is 4.90 Å². The molecule has 1 aliphatic rings. The molecule has 0 bridgehead atoms. The number of hydrogen-bond acceptors (Lipinski definition) is 5. The van der Waals surface area contributed by atoms with Gasteiger partial charge in [0, 0.05) is 12.6 Å². The van der Waals surface area contributed by atoms with Crippen LogP contribution in [0.3, 0.4) is 0 Å². The molecule has 5 heteroatoms. The van der Waals surface area contributed by atoms with Crippen LogP contribution in [0.15, 0.2) is 57.6 Å². The quantitative estimate of drug-likeness (QED) is 0.696. The van der Waals surface area contributed by atoms with Gasteiger partial charge in [-0.15, -0.1) is 10.2 Å². The molecule has 2 aromatic heterocycles. The number of furan rings is 1. The molecular weight excluding hydrogens is 278 g/mol. The monoisotopic (exact) mass is 295 g/mol. The molecule has 0 saturated heterocycles. The number of rotatable bonds is 6. The van der Waals surface area contributed by atoms with Gasteiger partial charge in [-0.05, 0) is 30.5 Å². The molecule has 4 rings (SSSR count). The van der Waals surface area contributed by atoms with E-state index in [1.165, 1.54) is 18.4 Å². The van der Waals surface area contributed by atoms with E-state index in [-0.39, 0.29) is 0 Å². The van der Waals surface area contributed by atoms with Crippen LogP contribution in [-0.4, -0.2) is 21.1 Å². The third-order valence-electron chi connectivity index (χ3n) is 3.83. The number of aromatic nitrogens is 2. The molecule has 112 valence electrons. The third kappa shape index (κ3) is 2.94. The van der Waals surface area contributed by atoms with Gasteiger partial charge in [0.15, 0.2) is 5.76 Å². The minimum atomic E-state index is 0.440. The maximum absolute atomic E-state index is 5.72. The fourth-order valence-electron chi connectivity index (χ4n) is 2.56. The number of nitrogens with zero attached hydrogens (tertiary/aromatic N) is 3. The van der Waals surface area contributed by atoms with Crippen molar-refractivity contribution in [2.75, 3.05) is 0 Å². The predicted molar refractivity (Wildman–Crippen MR) is 80.7 cm³/mol. The minimum Gasteiger partial charge on any atom is -0.459 e. The topological polar surface area (TPSA) is 55.3 Å². The van der Waals surface area contributed by atoms with Gasteiger partial charge in [0.1, 0.15) is 0 Å². The second-order valence-corrected chi connectivity index (χ2v) is 5.60. The summed E-state index contributed by atoms with van der Waals surface area (Å²) < 4.78 is 11.0. The standard InChI is InChI=1S/C17H17N3O2/c1-2-5-13(6-3-1)11-20(14-8-9-14)12-16-18-19-17(22-16)15-7-4-10-21-15/h1-7,10,14H,8-9,11-12H2. The molecule has 0 unspecified atom stereocenters. The average molecular weight is 295 g/mol. The van der Waals surface area contributed by atoms with Crippen LogP contribution in [-0.2, 0) is 13.1 Å². The summed E-state index contributed by atoms with van der Waals surface area (Å²) in [6.45, 7) is 1.58. The highest BCUT2D eigenvalue weighted by atomic mass is 16.4. The molecule has 5 nitrogen and oxygen atoms in total. The normalized spacial score (nSPS) is 14.6. The van der Waals surface area contributed by atoms with E-state index < -0.39 is 0 Å². The SMILES string of the molecule is c1ccc(CN(Cc2nnc(-c3ccco3)o2)C2CC2)cc1. The van der Waals surface area contributed by atoms with E-state index >= 15 is 0 Å². The van der Waals surface area contributed by atoms with Crippen LogP contribution in [0.4, 0.5) is 0 Å². The Labute approximate surface area is 128 Å². The van der Waals surface area contributed by atoms with Crippen LogP contribution in [0.5, 0.6) is 0 Å². The summed E-state index contributed by atoms with van der Waals surface area (Å²) in [7, 11) is 0. The van der Waals surface area contributed by atoms with Crippen molar-refractivity contribution in [1.82, 2.24) is 15.1 Å². The lowest BCUT2D eigenvalue weighted by Crippen LogP contribution is -2.25. The van der Waals surface area contributed by atoms with Gasteiger partial charge < -0.3 is 8.83 Å². The van der Waals surface area contributed by atoms with Gasteiger partial charge in [0.25, 0.3) is 5.89 Å². The highest BCUT2D eigenvalue weighted by Gasteiger charge is 2.30. The van der Waals surface area contributed by atoms with E-state index in [0.717, 1.165) is 6.54 Å². The highest BCUT2D eigenvalue weighted by molar-refractivity contribution is 5.42. The van der Waals surface area contributed by atoms with E-state index in [4.69, 9.17) is 8.83 Å². The smallest absolute Gasteiger partial charge is 0.283 e. The lowest BCUT2D eigenvalue weighted by molar-refractivity contribution is 0.221. The highest BCUT2D eigenvalue weighted by Crippen LogP contribution is 2.30. The van der Waals surface area contributed by atoms with E-state index in [1.54, 1.807) is 6.26 Å². The molecule has 22 heavy (non-hydrogen) atoms. The van der Waals surface area contributed by atoms with Crippen LogP contribution in [0.25, 0.3) is 11.7 Å². The van der Waals surface area contributed by atoms with E-state index in [2.05, 4.69) is 39.4 Å². The summed E-state index contributed by atoms with van der Waals surface area (Å²) in [6, 6.07) is 14.7. The van der Waals surface area contributed by atoms with Crippen molar-refractivity contribution >= 4 is 0 Å². The molecule has 2 heterocycles. The third-order valence-corrected chi connectivity index (χ3v) is 3.83. The molecule has 1 aromatic carbocycles. The van der Waals surface area contributed by atoms with Gasteiger partial charge in [0.05, 0.1) is 12.8 Å². The Bertz CT molecular complexity index is 717. The maximum Gasteiger partial charge on any atom is 0.283 e.